The number of amides is 1. The number of hydrogen-bond acceptors (Lipinski definition) is 5. The van der Waals surface area contributed by atoms with Gasteiger partial charge in [0.05, 0.1) is 12.2 Å². The Labute approximate surface area is 163 Å². The summed E-state index contributed by atoms with van der Waals surface area (Å²) in [5.41, 5.74) is 1.60. The van der Waals surface area contributed by atoms with Crippen LogP contribution < -0.4 is 5.32 Å². The normalized spacial score (nSPS) is 17.5. The quantitative estimate of drug-likeness (QED) is 0.750. The van der Waals surface area contributed by atoms with Gasteiger partial charge in [-0.05, 0) is 37.1 Å². The van der Waals surface area contributed by atoms with Crippen LogP contribution >= 0.6 is 0 Å². The van der Waals surface area contributed by atoms with Crippen LogP contribution in [0.15, 0.2) is 42.7 Å². The van der Waals surface area contributed by atoms with Crippen molar-refractivity contribution in [1.82, 2.24) is 34.8 Å². The average Bonchev–Trinajstić information content (AvgIpc) is 3.44. The Kier molecular flexibility index (Phi) is 4.40. The van der Waals surface area contributed by atoms with Crippen LogP contribution in [0.3, 0.4) is 0 Å². The molecule has 2 aromatic heterocycles. The van der Waals surface area contributed by atoms with E-state index in [0.29, 0.717) is 11.5 Å². The number of aromatic nitrogens is 5. The van der Waals surface area contributed by atoms with Crippen molar-refractivity contribution >= 4 is 5.91 Å². The lowest BCUT2D eigenvalue weighted by molar-refractivity contribution is 0.0710. The van der Waals surface area contributed by atoms with E-state index in [1.165, 1.54) is 0 Å². The van der Waals surface area contributed by atoms with E-state index in [4.69, 9.17) is 0 Å². The van der Waals surface area contributed by atoms with Gasteiger partial charge >= 0.3 is 0 Å². The van der Waals surface area contributed by atoms with Gasteiger partial charge in [-0.25, -0.2) is 4.68 Å². The van der Waals surface area contributed by atoms with Crippen molar-refractivity contribution in [2.24, 2.45) is 0 Å². The van der Waals surface area contributed by atoms with Crippen molar-refractivity contribution in [2.45, 2.75) is 31.8 Å². The van der Waals surface area contributed by atoms with E-state index in [1.807, 2.05) is 41.4 Å². The van der Waals surface area contributed by atoms with E-state index in [2.05, 4.69) is 25.2 Å². The molecule has 1 amide bonds. The Morgan fingerprint density at radius 2 is 2.00 bits per heavy atom. The molecule has 0 atom stereocenters. The molecule has 8 nitrogen and oxygen atoms in total. The zero-order valence-corrected chi connectivity index (χ0v) is 15.7. The Hall–Kier alpha value is -3.00. The zero-order valence-electron chi connectivity index (χ0n) is 15.7. The third kappa shape index (κ3) is 3.09. The van der Waals surface area contributed by atoms with Gasteiger partial charge in [0.2, 0.25) is 0 Å². The number of benzene rings is 1. The number of hydrogen-bond donors (Lipinski definition) is 1. The summed E-state index contributed by atoms with van der Waals surface area (Å²) in [5, 5.41) is 16.4. The van der Waals surface area contributed by atoms with Crippen molar-refractivity contribution in [3.8, 4) is 5.69 Å². The molecule has 1 N–H and O–H groups in total. The second-order valence-electron chi connectivity index (χ2n) is 7.37. The third-order valence-corrected chi connectivity index (χ3v) is 5.66. The van der Waals surface area contributed by atoms with E-state index < -0.39 is 0 Å². The molecule has 0 unspecified atom stereocenters. The molecule has 2 aliphatic rings. The number of fused-ring (bicyclic) bond motifs is 1. The maximum absolute atomic E-state index is 13.0. The van der Waals surface area contributed by atoms with Gasteiger partial charge in [-0.2, -0.15) is 5.10 Å². The fourth-order valence-corrected chi connectivity index (χ4v) is 4.14. The Morgan fingerprint density at radius 1 is 1.11 bits per heavy atom. The van der Waals surface area contributed by atoms with Gasteiger partial charge in [-0.3, -0.25) is 4.79 Å². The van der Waals surface area contributed by atoms with E-state index >= 15 is 0 Å². The number of carbonyl (C=O) groups excluding carboxylic acids is 1. The summed E-state index contributed by atoms with van der Waals surface area (Å²) in [7, 11) is 0. The molecular weight excluding hydrogens is 354 g/mol. The van der Waals surface area contributed by atoms with E-state index in [-0.39, 0.29) is 5.91 Å². The van der Waals surface area contributed by atoms with Crippen molar-refractivity contribution in [2.75, 3.05) is 19.6 Å². The molecule has 0 saturated carbocycles. The molecule has 28 heavy (non-hydrogen) atoms. The van der Waals surface area contributed by atoms with Gasteiger partial charge in [0.25, 0.3) is 5.91 Å². The fourth-order valence-electron chi connectivity index (χ4n) is 4.14. The third-order valence-electron chi connectivity index (χ3n) is 5.66. The van der Waals surface area contributed by atoms with Crippen molar-refractivity contribution < 1.29 is 4.79 Å². The van der Waals surface area contributed by atoms with Gasteiger partial charge in [0.15, 0.2) is 0 Å². The van der Waals surface area contributed by atoms with Gasteiger partial charge in [-0.15, -0.1) is 10.2 Å². The van der Waals surface area contributed by atoms with Gasteiger partial charge < -0.3 is 14.8 Å². The van der Waals surface area contributed by atoms with Crippen LogP contribution in [0.2, 0.25) is 0 Å². The molecule has 1 aromatic carbocycles. The average molecular weight is 377 g/mol. The molecule has 4 heterocycles. The first-order valence-electron chi connectivity index (χ1n) is 9.81. The van der Waals surface area contributed by atoms with Crippen LogP contribution in [0.1, 0.15) is 40.8 Å². The molecule has 8 heteroatoms. The predicted octanol–water partition coefficient (Wildman–Crippen LogP) is 1.59. The lowest BCUT2D eigenvalue weighted by atomic mass is 9.95. The summed E-state index contributed by atoms with van der Waals surface area (Å²) in [5.74, 6) is 2.57. The molecule has 144 valence electrons. The molecule has 0 radical (unpaired) electrons. The van der Waals surface area contributed by atoms with E-state index in [1.54, 1.807) is 10.9 Å². The molecule has 1 saturated heterocycles. The first-order chi connectivity index (χ1) is 13.8. The van der Waals surface area contributed by atoms with Crippen molar-refractivity contribution in [3.63, 3.8) is 0 Å². The highest BCUT2D eigenvalue weighted by Gasteiger charge is 2.29. The monoisotopic (exact) mass is 377 g/mol. The van der Waals surface area contributed by atoms with E-state index in [0.717, 1.165) is 62.9 Å². The van der Waals surface area contributed by atoms with Gasteiger partial charge in [0, 0.05) is 50.1 Å². The highest BCUT2D eigenvalue weighted by Crippen LogP contribution is 2.28. The smallest absolute Gasteiger partial charge is 0.253 e. The highest BCUT2D eigenvalue weighted by atomic mass is 16.2. The Balaban J connectivity index is 1.28. The maximum atomic E-state index is 13.0. The topological polar surface area (TPSA) is 80.9 Å². The van der Waals surface area contributed by atoms with Crippen LogP contribution in [0.5, 0.6) is 0 Å². The fraction of sp³-hybridized carbons (Fsp3) is 0.400. The Bertz CT molecular complexity index is 970. The molecule has 2 aliphatic heterocycles. The lowest BCUT2D eigenvalue weighted by Crippen LogP contribution is -2.39. The number of likely N-dealkylation sites (tertiary alicyclic amines) is 1. The molecule has 0 spiro atoms. The minimum absolute atomic E-state index is 0.0833. The minimum atomic E-state index is 0.0833. The standard InChI is InChI=1S/C20H23N7O/c28-20(16-3-1-4-17(13-16)27-9-2-7-22-27)25-10-5-15(6-11-25)19-24-23-18-14-21-8-12-26(18)19/h1-4,7,9,13,15,21H,5-6,8,10-12,14H2. The van der Waals surface area contributed by atoms with Crippen LogP contribution in [-0.2, 0) is 13.1 Å². The summed E-state index contributed by atoms with van der Waals surface area (Å²) < 4.78 is 4.03. The number of nitrogens with one attached hydrogen (secondary N) is 1. The van der Waals surface area contributed by atoms with Gasteiger partial charge in [-0.1, -0.05) is 6.07 Å². The van der Waals surface area contributed by atoms with Crippen molar-refractivity contribution in [3.05, 3.63) is 59.9 Å². The van der Waals surface area contributed by atoms with E-state index in [9.17, 15) is 4.79 Å². The molecule has 1 fully saturated rings. The number of carbonyl (C=O) groups is 1. The largest absolute Gasteiger partial charge is 0.339 e. The second-order valence-corrected chi connectivity index (χ2v) is 7.37. The summed E-state index contributed by atoms with van der Waals surface area (Å²) in [6.07, 6.45) is 5.47. The molecular formula is C20H23N7O. The predicted molar refractivity (Wildman–Crippen MR) is 103 cm³/mol. The lowest BCUT2D eigenvalue weighted by Gasteiger charge is -2.32. The summed E-state index contributed by atoms with van der Waals surface area (Å²) >= 11 is 0. The minimum Gasteiger partial charge on any atom is -0.339 e. The highest BCUT2D eigenvalue weighted by molar-refractivity contribution is 5.94. The zero-order chi connectivity index (χ0) is 18.9. The van der Waals surface area contributed by atoms with Crippen LogP contribution in [0.25, 0.3) is 5.69 Å². The number of nitrogens with zero attached hydrogens (tertiary/aromatic N) is 6. The SMILES string of the molecule is O=C(c1cccc(-n2cccn2)c1)N1CCC(c2nnc3n2CCNC3)CC1. The molecule has 0 aliphatic carbocycles. The summed E-state index contributed by atoms with van der Waals surface area (Å²) in [4.78, 5) is 15.0. The first-order valence-corrected chi connectivity index (χ1v) is 9.81. The first kappa shape index (κ1) is 17.1. The Morgan fingerprint density at radius 3 is 2.82 bits per heavy atom. The summed E-state index contributed by atoms with van der Waals surface area (Å²) in [6.45, 7) is 4.17. The van der Waals surface area contributed by atoms with Crippen molar-refractivity contribution in [1.29, 1.82) is 0 Å². The van der Waals surface area contributed by atoms with Crippen LogP contribution in [0, 0.1) is 0 Å². The molecule has 0 bridgehead atoms. The van der Waals surface area contributed by atoms with Crippen LogP contribution in [-0.4, -0.2) is 55.0 Å². The molecule has 5 rings (SSSR count). The summed E-state index contributed by atoms with van der Waals surface area (Å²) in [6, 6.07) is 9.53. The second kappa shape index (κ2) is 7.20. The molecule has 3 aromatic rings. The number of rotatable bonds is 3. The number of piperidine rings is 1. The van der Waals surface area contributed by atoms with Crippen LogP contribution in [0.4, 0.5) is 0 Å². The van der Waals surface area contributed by atoms with Gasteiger partial charge in [0.1, 0.15) is 11.6 Å². The maximum Gasteiger partial charge on any atom is 0.253 e.